The SMILES string of the molecule is C=C/C(=C\C=C(/C=C)[N+](=O)[O-])Oc1ccnc2cc(Br)sc12.CC. The molecule has 2 rings (SSSR count). The maximum absolute atomic E-state index is 10.7. The highest BCUT2D eigenvalue weighted by Gasteiger charge is 2.09. The second-order valence-corrected chi connectivity index (χ2v) is 6.43. The molecule has 24 heavy (non-hydrogen) atoms. The van der Waals surface area contributed by atoms with Crippen molar-refractivity contribution in [2.45, 2.75) is 13.8 Å². The van der Waals surface area contributed by atoms with Crippen molar-refractivity contribution in [1.82, 2.24) is 4.98 Å². The molecule has 0 N–H and O–H groups in total. The first-order chi connectivity index (χ1) is 11.5. The highest BCUT2D eigenvalue weighted by atomic mass is 79.9. The van der Waals surface area contributed by atoms with Gasteiger partial charge in [0, 0.05) is 24.4 Å². The van der Waals surface area contributed by atoms with Gasteiger partial charge in [0.1, 0.15) is 11.5 Å². The van der Waals surface area contributed by atoms with Crippen LogP contribution in [0.1, 0.15) is 13.8 Å². The molecule has 5 nitrogen and oxygen atoms in total. The van der Waals surface area contributed by atoms with Crippen LogP contribution < -0.4 is 4.74 Å². The van der Waals surface area contributed by atoms with Gasteiger partial charge in [-0.25, -0.2) is 0 Å². The molecule has 0 fully saturated rings. The molecule has 126 valence electrons. The van der Waals surface area contributed by atoms with Crippen molar-refractivity contribution >= 4 is 37.5 Å². The van der Waals surface area contributed by atoms with E-state index in [1.165, 1.54) is 29.6 Å². The highest BCUT2D eigenvalue weighted by molar-refractivity contribution is 9.11. The summed E-state index contributed by atoms with van der Waals surface area (Å²) in [6, 6.07) is 3.63. The van der Waals surface area contributed by atoms with E-state index in [1.54, 1.807) is 12.3 Å². The first-order valence-electron chi connectivity index (χ1n) is 7.08. The third-order valence-electron chi connectivity index (χ3n) is 2.61. The number of rotatable bonds is 6. The van der Waals surface area contributed by atoms with E-state index >= 15 is 0 Å². The Morgan fingerprint density at radius 2 is 2.08 bits per heavy atom. The Balaban J connectivity index is 0.00000139. The largest absolute Gasteiger partial charge is 0.456 e. The van der Waals surface area contributed by atoms with E-state index in [0.717, 1.165) is 20.1 Å². The van der Waals surface area contributed by atoms with E-state index in [2.05, 4.69) is 34.1 Å². The summed E-state index contributed by atoms with van der Waals surface area (Å²) >= 11 is 4.90. The lowest BCUT2D eigenvalue weighted by Gasteiger charge is -2.06. The summed E-state index contributed by atoms with van der Waals surface area (Å²) in [5, 5.41) is 10.7. The van der Waals surface area contributed by atoms with E-state index in [9.17, 15) is 10.1 Å². The van der Waals surface area contributed by atoms with Gasteiger partial charge in [-0.15, -0.1) is 11.3 Å². The minimum atomic E-state index is -0.523. The maximum Gasteiger partial charge on any atom is 0.268 e. The summed E-state index contributed by atoms with van der Waals surface area (Å²) < 4.78 is 7.58. The van der Waals surface area contributed by atoms with Gasteiger partial charge in [0.25, 0.3) is 5.70 Å². The fourth-order valence-electron chi connectivity index (χ4n) is 1.61. The van der Waals surface area contributed by atoms with Gasteiger partial charge in [-0.1, -0.05) is 27.0 Å². The maximum atomic E-state index is 10.7. The van der Waals surface area contributed by atoms with Crippen molar-refractivity contribution in [2.75, 3.05) is 0 Å². The molecule has 2 heterocycles. The van der Waals surface area contributed by atoms with Crippen molar-refractivity contribution < 1.29 is 9.66 Å². The molecule has 0 atom stereocenters. The Kier molecular flexibility index (Phi) is 8.08. The zero-order valence-corrected chi connectivity index (χ0v) is 15.8. The predicted octanol–water partition coefficient (Wildman–Crippen LogP) is 5.88. The molecule has 0 spiro atoms. The lowest BCUT2D eigenvalue weighted by molar-refractivity contribution is -0.418. The number of pyridine rings is 1. The van der Waals surface area contributed by atoms with Gasteiger partial charge in [-0.05, 0) is 34.1 Å². The average molecular weight is 409 g/mol. The summed E-state index contributed by atoms with van der Waals surface area (Å²) in [4.78, 5) is 14.5. The van der Waals surface area contributed by atoms with Crippen molar-refractivity contribution in [1.29, 1.82) is 0 Å². The van der Waals surface area contributed by atoms with E-state index in [1.807, 2.05) is 19.9 Å². The lowest BCUT2D eigenvalue weighted by Crippen LogP contribution is -1.96. The summed E-state index contributed by atoms with van der Waals surface area (Å²) in [6.07, 6.45) is 7.07. The number of hydrogen-bond donors (Lipinski definition) is 0. The Bertz CT molecular complexity index is 809. The molecule has 0 aliphatic heterocycles. The molecule has 0 amide bonds. The lowest BCUT2D eigenvalue weighted by atomic mass is 10.3. The Morgan fingerprint density at radius 3 is 2.67 bits per heavy atom. The fraction of sp³-hybridized carbons (Fsp3) is 0.118. The number of nitro groups is 1. The topological polar surface area (TPSA) is 65.3 Å². The molecular weight excluding hydrogens is 392 g/mol. The molecule has 0 saturated carbocycles. The average Bonchev–Trinajstić information content (AvgIpc) is 2.97. The molecule has 0 saturated heterocycles. The number of nitrogens with zero attached hydrogens (tertiary/aromatic N) is 2. The Labute approximate surface area is 153 Å². The van der Waals surface area contributed by atoms with Crippen LogP contribution in [-0.2, 0) is 0 Å². The third-order valence-corrected chi connectivity index (χ3v) is 4.25. The van der Waals surface area contributed by atoms with E-state index in [4.69, 9.17) is 4.74 Å². The van der Waals surface area contributed by atoms with Crippen LogP contribution in [-0.4, -0.2) is 9.91 Å². The zero-order chi connectivity index (χ0) is 18.1. The minimum absolute atomic E-state index is 0.123. The second kappa shape index (κ2) is 9.79. The molecule has 0 unspecified atom stereocenters. The third kappa shape index (κ3) is 5.14. The van der Waals surface area contributed by atoms with Gasteiger partial charge in [-0.2, -0.15) is 0 Å². The molecule has 0 radical (unpaired) electrons. The fourth-order valence-corrected chi connectivity index (χ4v) is 3.10. The summed E-state index contributed by atoms with van der Waals surface area (Å²) in [5.74, 6) is 1.000. The zero-order valence-electron chi connectivity index (χ0n) is 13.4. The summed E-state index contributed by atoms with van der Waals surface area (Å²) in [7, 11) is 0. The number of fused-ring (bicyclic) bond motifs is 1. The van der Waals surface area contributed by atoms with E-state index < -0.39 is 4.92 Å². The molecule has 7 heteroatoms. The van der Waals surface area contributed by atoms with Gasteiger partial charge in [0.2, 0.25) is 0 Å². The molecule has 0 aliphatic carbocycles. The van der Waals surface area contributed by atoms with Crippen molar-refractivity contribution in [2.24, 2.45) is 0 Å². The monoisotopic (exact) mass is 408 g/mol. The summed E-state index contributed by atoms with van der Waals surface area (Å²) in [6.45, 7) is 11.0. The van der Waals surface area contributed by atoms with Crippen molar-refractivity contribution in [3.63, 3.8) is 0 Å². The number of thiophene rings is 1. The standard InChI is InChI=1S/C15H11BrN2O3S.C2H6/c1-3-10(18(19)20)5-6-11(4-2)21-13-7-8-17-12-9-14(16)22-15(12)13;1-2/h3-9H,1-2H2;1-2H3/b10-5+,11-6+;. The summed E-state index contributed by atoms with van der Waals surface area (Å²) in [5.41, 5.74) is 0.687. The first kappa shape index (κ1) is 19.8. The smallest absolute Gasteiger partial charge is 0.268 e. The number of allylic oxidation sites excluding steroid dienone is 4. The number of hydrogen-bond acceptors (Lipinski definition) is 5. The van der Waals surface area contributed by atoms with Gasteiger partial charge in [0.05, 0.1) is 18.9 Å². The number of aromatic nitrogens is 1. The van der Waals surface area contributed by atoms with Gasteiger partial charge in [0.15, 0.2) is 0 Å². The van der Waals surface area contributed by atoms with Crippen LogP contribution in [0.5, 0.6) is 5.75 Å². The van der Waals surface area contributed by atoms with Crippen molar-refractivity contribution in [3.8, 4) is 5.75 Å². The molecular formula is C17H17BrN2O3S. The minimum Gasteiger partial charge on any atom is -0.456 e. The molecule has 2 aromatic heterocycles. The number of ether oxygens (including phenoxy) is 1. The van der Waals surface area contributed by atoms with Gasteiger partial charge in [-0.3, -0.25) is 15.1 Å². The second-order valence-electron chi connectivity index (χ2n) is 4.00. The van der Waals surface area contributed by atoms with Crippen molar-refractivity contribution in [3.05, 3.63) is 81.1 Å². The van der Waals surface area contributed by atoms with Gasteiger partial charge >= 0.3 is 0 Å². The van der Waals surface area contributed by atoms with Crippen LogP contribution in [0, 0.1) is 10.1 Å². The molecule has 2 aromatic rings. The molecule has 0 aromatic carbocycles. The van der Waals surface area contributed by atoms with Crippen LogP contribution in [0.4, 0.5) is 0 Å². The Morgan fingerprint density at radius 1 is 1.38 bits per heavy atom. The van der Waals surface area contributed by atoms with E-state index in [-0.39, 0.29) is 5.70 Å². The number of halogens is 1. The predicted molar refractivity (Wildman–Crippen MR) is 103 cm³/mol. The molecule has 0 aliphatic rings. The quantitative estimate of drug-likeness (QED) is 0.259. The highest BCUT2D eigenvalue weighted by Crippen LogP contribution is 2.35. The van der Waals surface area contributed by atoms with Gasteiger partial charge < -0.3 is 4.74 Å². The Hall–Kier alpha value is -2.25. The first-order valence-corrected chi connectivity index (χ1v) is 8.69. The molecule has 0 bridgehead atoms. The van der Waals surface area contributed by atoms with Crippen LogP contribution in [0.15, 0.2) is 71.0 Å². The van der Waals surface area contributed by atoms with Crippen LogP contribution in [0.25, 0.3) is 10.2 Å². The van der Waals surface area contributed by atoms with Crippen LogP contribution in [0.3, 0.4) is 0 Å². The normalized spacial score (nSPS) is 11.5. The van der Waals surface area contributed by atoms with Crippen LogP contribution in [0.2, 0.25) is 0 Å². The van der Waals surface area contributed by atoms with Crippen LogP contribution >= 0.6 is 27.3 Å². The van der Waals surface area contributed by atoms with E-state index in [0.29, 0.717) is 11.5 Å².